The summed E-state index contributed by atoms with van der Waals surface area (Å²) in [5, 5.41) is 7.61. The van der Waals surface area contributed by atoms with Gasteiger partial charge in [-0.1, -0.05) is 5.16 Å². The highest BCUT2D eigenvalue weighted by Crippen LogP contribution is 2.30. The summed E-state index contributed by atoms with van der Waals surface area (Å²) in [5.74, 6) is 1.37. The van der Waals surface area contributed by atoms with E-state index in [4.69, 9.17) is 9.26 Å². The van der Waals surface area contributed by atoms with Crippen molar-refractivity contribution in [3.8, 4) is 0 Å². The molecule has 2 fully saturated rings. The lowest BCUT2D eigenvalue weighted by Crippen LogP contribution is -2.43. The molecule has 2 atom stereocenters. The van der Waals surface area contributed by atoms with Gasteiger partial charge in [-0.3, -0.25) is 0 Å². The average molecular weight is 266 g/mol. The summed E-state index contributed by atoms with van der Waals surface area (Å²) in [5.41, 5.74) is -0.177. The van der Waals surface area contributed by atoms with Crippen LogP contribution in [-0.2, 0) is 10.3 Å². The normalized spacial score (nSPS) is 33.5. The van der Waals surface area contributed by atoms with E-state index in [0.717, 1.165) is 32.7 Å². The van der Waals surface area contributed by atoms with Crippen LogP contribution in [0.1, 0.15) is 44.0 Å². The molecular formula is C13H22N4O2. The Bertz CT molecular complexity index is 428. The number of ether oxygens (including phenoxy) is 1. The van der Waals surface area contributed by atoms with Crippen molar-refractivity contribution in [1.82, 2.24) is 20.4 Å². The van der Waals surface area contributed by atoms with Gasteiger partial charge in [0.2, 0.25) is 11.7 Å². The number of aromatic nitrogens is 2. The van der Waals surface area contributed by atoms with E-state index in [2.05, 4.69) is 34.3 Å². The van der Waals surface area contributed by atoms with Crippen LogP contribution in [0.25, 0.3) is 0 Å². The summed E-state index contributed by atoms with van der Waals surface area (Å²) >= 11 is 0. The molecule has 0 radical (unpaired) electrons. The second-order valence-electron chi connectivity index (χ2n) is 5.80. The number of likely N-dealkylation sites (N-methyl/N-ethyl adjacent to an activating group) is 1. The number of rotatable bonds is 2. The molecular weight excluding hydrogens is 244 g/mol. The number of hydrogen-bond acceptors (Lipinski definition) is 6. The second-order valence-corrected chi connectivity index (χ2v) is 5.80. The van der Waals surface area contributed by atoms with E-state index < -0.39 is 0 Å². The molecule has 6 nitrogen and oxygen atoms in total. The fourth-order valence-electron chi connectivity index (χ4n) is 2.76. The van der Waals surface area contributed by atoms with Gasteiger partial charge in [0.15, 0.2) is 0 Å². The van der Waals surface area contributed by atoms with Gasteiger partial charge in [0.1, 0.15) is 6.10 Å². The maximum Gasteiger partial charge on any atom is 0.246 e. The Morgan fingerprint density at radius 1 is 1.42 bits per heavy atom. The zero-order valence-electron chi connectivity index (χ0n) is 11.7. The van der Waals surface area contributed by atoms with E-state index >= 15 is 0 Å². The smallest absolute Gasteiger partial charge is 0.246 e. The molecule has 0 aromatic carbocycles. The van der Waals surface area contributed by atoms with Crippen molar-refractivity contribution in [2.75, 3.05) is 33.3 Å². The molecule has 19 heavy (non-hydrogen) atoms. The molecule has 0 amide bonds. The summed E-state index contributed by atoms with van der Waals surface area (Å²) in [7, 11) is 2.08. The van der Waals surface area contributed by atoms with Crippen LogP contribution in [0.15, 0.2) is 4.52 Å². The largest absolute Gasteiger partial charge is 0.367 e. The number of morpholine rings is 1. The van der Waals surface area contributed by atoms with Gasteiger partial charge >= 0.3 is 0 Å². The maximum absolute atomic E-state index is 5.72. The standard InChI is InChI=1S/C13H22N4O2/c1-13(5-3-4-6-14-13)12-15-11(16-19-12)10-9-17(2)7-8-18-10/h10,14H,3-9H2,1-2H3. The van der Waals surface area contributed by atoms with Crippen LogP contribution in [0.2, 0.25) is 0 Å². The molecule has 3 heterocycles. The van der Waals surface area contributed by atoms with Crippen LogP contribution in [0.5, 0.6) is 0 Å². The minimum atomic E-state index is -0.177. The molecule has 1 N–H and O–H groups in total. The van der Waals surface area contributed by atoms with Gasteiger partial charge in [-0.05, 0) is 39.8 Å². The molecule has 0 aliphatic carbocycles. The number of nitrogens with zero attached hydrogens (tertiary/aromatic N) is 3. The Hall–Kier alpha value is -0.980. The lowest BCUT2D eigenvalue weighted by atomic mass is 9.91. The third kappa shape index (κ3) is 2.66. The predicted octanol–water partition coefficient (Wildman–Crippen LogP) is 1.06. The fourth-order valence-corrected chi connectivity index (χ4v) is 2.76. The van der Waals surface area contributed by atoms with E-state index in [1.807, 2.05) is 0 Å². The first-order valence-corrected chi connectivity index (χ1v) is 7.07. The van der Waals surface area contributed by atoms with E-state index in [1.165, 1.54) is 12.8 Å². The van der Waals surface area contributed by atoms with Crippen molar-refractivity contribution < 1.29 is 9.26 Å². The van der Waals surface area contributed by atoms with Crippen LogP contribution in [0, 0.1) is 0 Å². The van der Waals surface area contributed by atoms with Crippen LogP contribution in [-0.4, -0.2) is 48.3 Å². The molecule has 0 saturated carbocycles. The SMILES string of the molecule is CN1CCOC(c2noc(C3(C)CCCCN3)n2)C1. The van der Waals surface area contributed by atoms with Crippen LogP contribution < -0.4 is 5.32 Å². The second kappa shape index (κ2) is 5.19. The van der Waals surface area contributed by atoms with Crippen molar-refractivity contribution in [1.29, 1.82) is 0 Å². The minimum Gasteiger partial charge on any atom is -0.367 e. The van der Waals surface area contributed by atoms with Gasteiger partial charge in [0.05, 0.1) is 12.1 Å². The van der Waals surface area contributed by atoms with Gasteiger partial charge in [0, 0.05) is 13.1 Å². The average Bonchev–Trinajstić information content (AvgIpc) is 2.90. The van der Waals surface area contributed by atoms with Crippen molar-refractivity contribution in [2.45, 2.75) is 37.8 Å². The van der Waals surface area contributed by atoms with Crippen LogP contribution in [0.3, 0.4) is 0 Å². The minimum absolute atomic E-state index is 0.0663. The lowest BCUT2D eigenvalue weighted by molar-refractivity contribution is -0.0264. The van der Waals surface area contributed by atoms with Crippen LogP contribution >= 0.6 is 0 Å². The quantitative estimate of drug-likeness (QED) is 0.863. The zero-order valence-corrected chi connectivity index (χ0v) is 11.7. The molecule has 3 rings (SSSR count). The Kier molecular flexibility index (Phi) is 3.56. The first-order chi connectivity index (χ1) is 9.17. The monoisotopic (exact) mass is 266 g/mol. The number of piperidine rings is 1. The fraction of sp³-hybridized carbons (Fsp3) is 0.846. The summed E-state index contributed by atoms with van der Waals surface area (Å²) in [6.45, 7) is 5.65. The van der Waals surface area contributed by atoms with Gasteiger partial charge in [-0.2, -0.15) is 4.98 Å². The van der Waals surface area contributed by atoms with Crippen LogP contribution in [0.4, 0.5) is 0 Å². The van der Waals surface area contributed by atoms with Gasteiger partial charge in [-0.25, -0.2) is 0 Å². The van der Waals surface area contributed by atoms with E-state index in [-0.39, 0.29) is 11.6 Å². The van der Waals surface area contributed by atoms with Gasteiger partial charge in [-0.15, -0.1) is 0 Å². The molecule has 1 aromatic rings. The summed E-state index contributed by atoms with van der Waals surface area (Å²) in [6.07, 6.45) is 3.39. The highest BCUT2D eigenvalue weighted by atomic mass is 16.5. The molecule has 0 bridgehead atoms. The molecule has 0 spiro atoms. The van der Waals surface area contributed by atoms with Gasteiger partial charge < -0.3 is 19.5 Å². The van der Waals surface area contributed by atoms with Crippen molar-refractivity contribution in [3.63, 3.8) is 0 Å². The Labute approximate surface area is 113 Å². The zero-order chi connectivity index (χ0) is 13.3. The van der Waals surface area contributed by atoms with E-state index in [9.17, 15) is 0 Å². The lowest BCUT2D eigenvalue weighted by Gasteiger charge is -2.31. The predicted molar refractivity (Wildman–Crippen MR) is 69.7 cm³/mol. The topological polar surface area (TPSA) is 63.4 Å². The first-order valence-electron chi connectivity index (χ1n) is 7.07. The molecule has 1 aromatic heterocycles. The molecule has 2 saturated heterocycles. The van der Waals surface area contributed by atoms with E-state index in [1.54, 1.807) is 0 Å². The third-order valence-electron chi connectivity index (χ3n) is 4.09. The number of hydrogen-bond donors (Lipinski definition) is 1. The summed E-state index contributed by atoms with van der Waals surface area (Å²) < 4.78 is 11.2. The number of nitrogens with one attached hydrogen (secondary N) is 1. The first kappa shape index (κ1) is 13.0. The van der Waals surface area contributed by atoms with Crippen molar-refractivity contribution in [2.24, 2.45) is 0 Å². The van der Waals surface area contributed by atoms with Gasteiger partial charge in [0.25, 0.3) is 0 Å². The van der Waals surface area contributed by atoms with Crippen molar-refractivity contribution in [3.05, 3.63) is 11.7 Å². The Morgan fingerprint density at radius 3 is 3.05 bits per heavy atom. The maximum atomic E-state index is 5.72. The summed E-state index contributed by atoms with van der Waals surface area (Å²) in [4.78, 5) is 6.80. The summed E-state index contributed by atoms with van der Waals surface area (Å²) in [6, 6.07) is 0. The van der Waals surface area contributed by atoms with E-state index in [0.29, 0.717) is 11.7 Å². The molecule has 2 aliphatic rings. The molecule has 6 heteroatoms. The Balaban J connectivity index is 1.75. The van der Waals surface area contributed by atoms with Crippen molar-refractivity contribution >= 4 is 0 Å². The molecule has 2 unspecified atom stereocenters. The molecule has 2 aliphatic heterocycles. The third-order valence-corrected chi connectivity index (χ3v) is 4.09. The molecule has 106 valence electrons. The highest BCUT2D eigenvalue weighted by Gasteiger charge is 2.35. The highest BCUT2D eigenvalue weighted by molar-refractivity contribution is 5.05. The Morgan fingerprint density at radius 2 is 2.32 bits per heavy atom.